The fraction of sp³-hybridized carbons (Fsp3) is 0.929. The van der Waals surface area contributed by atoms with Crippen LogP contribution >= 0.6 is 0 Å². The third kappa shape index (κ3) is 219. The van der Waals surface area contributed by atoms with Crippen LogP contribution < -0.4 is 15.4 Å². The highest BCUT2D eigenvalue weighted by molar-refractivity contribution is 7.88. The van der Waals surface area contributed by atoms with Crippen molar-refractivity contribution in [2.24, 2.45) is 0 Å². The molecule has 0 aromatic heterocycles. The van der Waals surface area contributed by atoms with Crippen molar-refractivity contribution in [3.05, 3.63) is 0 Å². The molecule has 2 amide bonds. The Bertz CT molecular complexity index is 683. The molecule has 0 bridgehead atoms. The monoisotopic (exact) mass is 680 g/mol. The van der Waals surface area contributed by atoms with Crippen molar-refractivity contribution in [2.75, 3.05) is 110 Å². The Labute approximate surface area is 274 Å². The Morgan fingerprint density at radius 2 is 0.791 bits per heavy atom. The van der Waals surface area contributed by atoms with Crippen molar-refractivity contribution in [1.29, 1.82) is 0 Å². The molecule has 0 saturated carbocycles. The maximum Gasteiger partial charge on any atom is 0.218 e. The molecular weight excluding hydrogens is 594 g/mol. The molecule has 0 saturated heterocycles. The van der Waals surface area contributed by atoms with Crippen LogP contribution in [0.1, 0.15) is 72.3 Å². The highest BCUT2D eigenvalue weighted by atomic mass is 32.2. The minimum absolute atomic E-state index is 0. The molecule has 15 heteroatoms. The molecule has 13 nitrogen and oxygen atoms in total. The minimum Gasteiger partial charge on any atom is -0.359 e. The normalized spacial score (nSPS) is 8.21. The first-order valence-corrected chi connectivity index (χ1v) is 15.1. The van der Waals surface area contributed by atoms with E-state index in [-0.39, 0.29) is 56.4 Å². The van der Waals surface area contributed by atoms with E-state index in [9.17, 15) is 26.4 Å². The predicted molar refractivity (Wildman–Crippen MR) is 200 cm³/mol. The molecule has 0 aliphatic rings. The summed E-state index contributed by atoms with van der Waals surface area (Å²) in [5, 5.41) is 5.32. The zero-order chi connectivity index (χ0) is 32.0. The largest absolute Gasteiger partial charge is 0.359 e. The average molecular weight is 680 g/mol. The number of hydrogen-bond donors (Lipinski definition) is 3. The van der Waals surface area contributed by atoms with Crippen LogP contribution in [-0.4, -0.2) is 158 Å². The third-order valence-corrected chi connectivity index (χ3v) is 5.07. The van der Waals surface area contributed by atoms with Crippen molar-refractivity contribution >= 4 is 31.9 Å². The Kier molecular flexibility index (Phi) is 110. The molecule has 0 radical (unpaired) electrons. The van der Waals surface area contributed by atoms with Crippen LogP contribution in [0.15, 0.2) is 0 Å². The molecule has 0 rings (SSSR count). The van der Waals surface area contributed by atoms with Gasteiger partial charge in [0.1, 0.15) is 0 Å². The van der Waals surface area contributed by atoms with Gasteiger partial charge in [-0.15, -0.1) is 0 Å². The summed E-state index contributed by atoms with van der Waals surface area (Å²) in [6.45, 7) is 9.40. The van der Waals surface area contributed by atoms with E-state index in [1.54, 1.807) is 21.1 Å². The number of carbonyl (C=O) groups excluding carboxylic acids is 2. The number of rotatable bonds is 4. The van der Waals surface area contributed by atoms with Crippen LogP contribution in [0.2, 0.25) is 0 Å². The Hall–Kier alpha value is -1.36. The van der Waals surface area contributed by atoms with Crippen molar-refractivity contribution < 1.29 is 26.4 Å². The molecule has 0 aliphatic heterocycles. The molecule has 0 unspecified atom stereocenters. The number of hydrogen-bond acceptors (Lipinski definition) is 9. The molecule has 3 N–H and O–H groups in total. The van der Waals surface area contributed by atoms with E-state index in [0.717, 1.165) is 29.9 Å². The van der Waals surface area contributed by atoms with Gasteiger partial charge in [0, 0.05) is 49.1 Å². The zero-order valence-corrected chi connectivity index (χ0v) is 28.6. The predicted octanol–water partition coefficient (Wildman–Crippen LogP) is 3.31. The molecule has 280 valence electrons. The Balaban J connectivity index is -0.0000000219. The maximum atomic E-state index is 10.3. The minimum atomic E-state index is -2.91. The standard InChI is InChI=1S/C4H9NO.C4H11N.C3H9NO2S.C3H7NO.2C3H9N.C2H7NO2S.6CH4/c1-4(6)5(2)3;1-4-5(2)3;1-4(2)7(3,5)6;1-3(5)4-2;1-4(2)3;1-3-4-2;1-3-6(2,4)5;;;;;;/h1-3H3;4H2,1-3H3;1-3H3;1-2H3,(H,4,5);1-3H3;4H,3H2,1-2H3;3H,1-2H3;6*1H4. The first-order chi connectivity index (χ1) is 16.3. The maximum absolute atomic E-state index is 10.3. The number of amides is 2. The number of carbonyl (C=O) groups is 2. The summed E-state index contributed by atoms with van der Waals surface area (Å²) in [6.07, 6.45) is 2.26. The van der Waals surface area contributed by atoms with Crippen LogP contribution in [0.3, 0.4) is 0 Å². The van der Waals surface area contributed by atoms with Crippen molar-refractivity contribution in [3.63, 3.8) is 0 Å². The van der Waals surface area contributed by atoms with E-state index in [1.807, 2.05) is 33.1 Å². The quantitative estimate of drug-likeness (QED) is 0.407. The summed E-state index contributed by atoms with van der Waals surface area (Å²) >= 11 is 0. The van der Waals surface area contributed by atoms with E-state index in [4.69, 9.17) is 0 Å². The second-order valence-electron chi connectivity index (χ2n) is 8.19. The number of nitrogens with one attached hydrogen (secondary N) is 3. The summed E-state index contributed by atoms with van der Waals surface area (Å²) in [5.74, 6) is 0.0972. The molecule has 0 fully saturated rings. The summed E-state index contributed by atoms with van der Waals surface area (Å²) in [5.41, 5.74) is 0. The van der Waals surface area contributed by atoms with Gasteiger partial charge in [-0.2, -0.15) is 0 Å². The second kappa shape index (κ2) is 56.4. The zero-order valence-electron chi connectivity index (χ0n) is 27.0. The van der Waals surface area contributed by atoms with Crippen LogP contribution in [0, 0.1) is 0 Å². The van der Waals surface area contributed by atoms with Crippen LogP contribution in [0.25, 0.3) is 0 Å². The van der Waals surface area contributed by atoms with Gasteiger partial charge < -0.3 is 25.3 Å². The summed E-state index contributed by atoms with van der Waals surface area (Å²) < 4.78 is 43.5. The van der Waals surface area contributed by atoms with Gasteiger partial charge >= 0.3 is 0 Å². The molecule has 43 heavy (non-hydrogen) atoms. The fourth-order valence-electron chi connectivity index (χ4n) is 0. The Morgan fingerprint density at radius 1 is 0.651 bits per heavy atom. The Morgan fingerprint density at radius 3 is 0.791 bits per heavy atom. The van der Waals surface area contributed by atoms with Gasteiger partial charge in [-0.1, -0.05) is 58.4 Å². The molecule has 0 aromatic rings. The van der Waals surface area contributed by atoms with Crippen molar-refractivity contribution in [3.8, 4) is 0 Å². The topological polar surface area (TPSA) is 151 Å². The number of nitrogens with zero attached hydrogens (tertiary/aromatic N) is 4. The van der Waals surface area contributed by atoms with E-state index < -0.39 is 20.0 Å². The highest BCUT2D eigenvalue weighted by Gasteiger charge is 2.01. The van der Waals surface area contributed by atoms with E-state index in [1.165, 1.54) is 39.9 Å². The van der Waals surface area contributed by atoms with Crippen molar-refractivity contribution in [1.82, 2.24) is 34.4 Å². The molecule has 0 spiro atoms. The molecule has 0 atom stereocenters. The molecule has 0 heterocycles. The van der Waals surface area contributed by atoms with E-state index >= 15 is 0 Å². The van der Waals surface area contributed by atoms with Gasteiger partial charge in [-0.05, 0) is 62.4 Å². The molecule has 0 aliphatic carbocycles. The van der Waals surface area contributed by atoms with Gasteiger partial charge in [0.15, 0.2) is 0 Å². The number of sulfonamides is 2. The molecule has 0 aromatic carbocycles. The second-order valence-corrected chi connectivity index (χ2v) is 12.3. The van der Waals surface area contributed by atoms with Gasteiger partial charge in [-0.25, -0.2) is 25.9 Å². The van der Waals surface area contributed by atoms with Crippen LogP contribution in [0.5, 0.6) is 0 Å². The van der Waals surface area contributed by atoms with Gasteiger partial charge in [-0.3, -0.25) is 9.59 Å². The fourth-order valence-corrected chi connectivity index (χ4v) is 0. The van der Waals surface area contributed by atoms with E-state index in [0.29, 0.717) is 0 Å². The lowest BCUT2D eigenvalue weighted by atomic mass is 10.7. The van der Waals surface area contributed by atoms with Crippen molar-refractivity contribution in [2.45, 2.75) is 72.3 Å². The lowest BCUT2D eigenvalue weighted by molar-refractivity contribution is -0.126. The smallest absolute Gasteiger partial charge is 0.218 e. The highest BCUT2D eigenvalue weighted by Crippen LogP contribution is 1.83. The SMILES string of the molecule is C.C.C.C.C.C.CC(=O)N(C)C.CCN(C)C.CCNC.CN(C)C.CN(C)S(C)(=O)=O.CNC(C)=O.CNS(C)(=O)=O. The van der Waals surface area contributed by atoms with E-state index in [2.05, 4.69) is 48.2 Å². The average Bonchev–Trinajstić information content (AvgIpc) is 2.73. The van der Waals surface area contributed by atoms with Crippen LogP contribution in [-0.2, 0) is 29.6 Å². The summed E-state index contributed by atoms with van der Waals surface area (Å²) in [6, 6.07) is 0. The van der Waals surface area contributed by atoms with Crippen LogP contribution in [0.4, 0.5) is 0 Å². The third-order valence-electron chi connectivity index (χ3n) is 3.00. The lowest BCUT2D eigenvalue weighted by Crippen LogP contribution is -2.19. The van der Waals surface area contributed by atoms with Gasteiger partial charge in [0.05, 0.1) is 12.5 Å². The first kappa shape index (κ1) is 83.8. The summed E-state index contributed by atoms with van der Waals surface area (Å²) in [4.78, 5) is 25.4. The van der Waals surface area contributed by atoms with Gasteiger partial charge in [0.25, 0.3) is 0 Å². The summed E-state index contributed by atoms with van der Waals surface area (Å²) in [7, 11) is 15.6. The molecular formula is C28H85N7O6S2. The lowest BCUT2D eigenvalue weighted by Gasteiger charge is -2.02. The van der Waals surface area contributed by atoms with Gasteiger partial charge in [0.2, 0.25) is 31.9 Å². The first-order valence-electron chi connectivity index (χ1n) is 11.4.